The molecule has 0 aromatic heterocycles. The van der Waals surface area contributed by atoms with E-state index in [1.165, 1.54) is 0 Å². The number of rotatable bonds is 5. The molecule has 1 amide bonds. The van der Waals surface area contributed by atoms with Gasteiger partial charge >= 0.3 is 0 Å². The molecule has 4 nitrogen and oxygen atoms in total. The summed E-state index contributed by atoms with van der Waals surface area (Å²) in [7, 11) is 0. The Balaban J connectivity index is 2.47. The molecule has 0 spiro atoms. The maximum absolute atomic E-state index is 11.1. The van der Waals surface area contributed by atoms with Crippen molar-refractivity contribution in [2.45, 2.75) is 26.7 Å². The van der Waals surface area contributed by atoms with Gasteiger partial charge in [0.05, 0.1) is 6.61 Å². The van der Waals surface area contributed by atoms with Crippen LogP contribution in [0.2, 0.25) is 0 Å². The van der Waals surface area contributed by atoms with Gasteiger partial charge in [0.25, 0.3) is 0 Å². The first-order chi connectivity index (χ1) is 8.65. The van der Waals surface area contributed by atoms with Gasteiger partial charge in [0, 0.05) is 12.1 Å². The van der Waals surface area contributed by atoms with Gasteiger partial charge in [-0.1, -0.05) is 13.8 Å². The van der Waals surface area contributed by atoms with Gasteiger partial charge in [-0.25, -0.2) is 0 Å². The number of hydrogen-bond donors (Lipinski definition) is 2. The predicted molar refractivity (Wildman–Crippen MR) is 76.9 cm³/mol. The SMILES string of the molecule is CCCOc1ccc(NC(=S)NC(=O)CC)cc1. The lowest BCUT2D eigenvalue weighted by Gasteiger charge is -2.10. The molecule has 0 heterocycles. The van der Waals surface area contributed by atoms with Crippen molar-refractivity contribution < 1.29 is 9.53 Å². The molecule has 98 valence electrons. The summed E-state index contributed by atoms with van der Waals surface area (Å²) in [6.45, 7) is 4.54. The van der Waals surface area contributed by atoms with Gasteiger partial charge in [0.1, 0.15) is 5.75 Å². The van der Waals surface area contributed by atoms with Crippen molar-refractivity contribution in [2.24, 2.45) is 0 Å². The molecule has 0 saturated carbocycles. The molecule has 2 N–H and O–H groups in total. The molecule has 0 atom stereocenters. The molecule has 0 aliphatic carbocycles. The average molecular weight is 266 g/mol. The number of carbonyl (C=O) groups excluding carboxylic acids is 1. The van der Waals surface area contributed by atoms with Crippen molar-refractivity contribution in [3.8, 4) is 5.75 Å². The molecule has 18 heavy (non-hydrogen) atoms. The van der Waals surface area contributed by atoms with E-state index in [9.17, 15) is 4.79 Å². The normalized spacial score (nSPS) is 9.67. The van der Waals surface area contributed by atoms with Crippen LogP contribution in [0.1, 0.15) is 26.7 Å². The van der Waals surface area contributed by atoms with Crippen LogP contribution in [0.4, 0.5) is 5.69 Å². The van der Waals surface area contributed by atoms with Crippen LogP contribution in [-0.2, 0) is 4.79 Å². The number of ether oxygens (including phenoxy) is 1. The van der Waals surface area contributed by atoms with Crippen molar-refractivity contribution >= 4 is 28.9 Å². The van der Waals surface area contributed by atoms with E-state index >= 15 is 0 Å². The van der Waals surface area contributed by atoms with Crippen molar-refractivity contribution in [3.63, 3.8) is 0 Å². The number of anilines is 1. The molecule has 0 fully saturated rings. The zero-order chi connectivity index (χ0) is 13.4. The van der Waals surface area contributed by atoms with Crippen LogP contribution in [0, 0.1) is 0 Å². The lowest BCUT2D eigenvalue weighted by atomic mass is 10.3. The van der Waals surface area contributed by atoms with Crippen molar-refractivity contribution in [3.05, 3.63) is 24.3 Å². The molecule has 0 unspecified atom stereocenters. The fourth-order valence-corrected chi connectivity index (χ4v) is 1.46. The highest BCUT2D eigenvalue weighted by atomic mass is 32.1. The minimum Gasteiger partial charge on any atom is -0.494 e. The molecule has 5 heteroatoms. The van der Waals surface area contributed by atoms with Gasteiger partial charge in [-0.05, 0) is 42.9 Å². The summed E-state index contributed by atoms with van der Waals surface area (Å²) in [5.41, 5.74) is 0.820. The Morgan fingerprint density at radius 1 is 1.28 bits per heavy atom. The van der Waals surface area contributed by atoms with E-state index in [-0.39, 0.29) is 5.91 Å². The van der Waals surface area contributed by atoms with Crippen LogP contribution in [0.25, 0.3) is 0 Å². The van der Waals surface area contributed by atoms with Gasteiger partial charge in [-0.3, -0.25) is 4.79 Å². The fraction of sp³-hybridized carbons (Fsp3) is 0.385. The second-order valence-electron chi connectivity index (χ2n) is 3.73. The molecule has 0 bridgehead atoms. The van der Waals surface area contributed by atoms with E-state index < -0.39 is 0 Å². The van der Waals surface area contributed by atoms with Crippen molar-refractivity contribution in [2.75, 3.05) is 11.9 Å². The number of nitrogens with one attached hydrogen (secondary N) is 2. The molecule has 0 aliphatic heterocycles. The molecular formula is C13H18N2O2S. The smallest absolute Gasteiger partial charge is 0.225 e. The van der Waals surface area contributed by atoms with Crippen LogP contribution in [0.3, 0.4) is 0 Å². The van der Waals surface area contributed by atoms with E-state index in [0.717, 1.165) is 17.9 Å². The Bertz CT molecular complexity index is 404. The Morgan fingerprint density at radius 3 is 2.50 bits per heavy atom. The van der Waals surface area contributed by atoms with Crippen LogP contribution in [0.15, 0.2) is 24.3 Å². The van der Waals surface area contributed by atoms with Crippen LogP contribution < -0.4 is 15.4 Å². The molecule has 1 aromatic rings. The van der Waals surface area contributed by atoms with Gasteiger partial charge in [-0.2, -0.15) is 0 Å². The van der Waals surface area contributed by atoms with Crippen molar-refractivity contribution in [1.29, 1.82) is 0 Å². The minimum atomic E-state index is -0.101. The van der Waals surface area contributed by atoms with Gasteiger partial charge in [0.2, 0.25) is 5.91 Å². The maximum Gasteiger partial charge on any atom is 0.225 e. The molecule has 1 rings (SSSR count). The van der Waals surface area contributed by atoms with Gasteiger partial charge in [-0.15, -0.1) is 0 Å². The summed E-state index contributed by atoms with van der Waals surface area (Å²) in [6, 6.07) is 7.44. The molecule has 0 radical (unpaired) electrons. The Morgan fingerprint density at radius 2 is 1.94 bits per heavy atom. The highest BCUT2D eigenvalue weighted by Crippen LogP contribution is 2.15. The number of amides is 1. The van der Waals surface area contributed by atoms with E-state index in [1.807, 2.05) is 24.3 Å². The lowest BCUT2D eigenvalue weighted by Crippen LogP contribution is -2.33. The van der Waals surface area contributed by atoms with Crippen LogP contribution >= 0.6 is 12.2 Å². The second kappa shape index (κ2) is 7.66. The number of thiocarbonyl (C=S) groups is 1. The zero-order valence-corrected chi connectivity index (χ0v) is 11.5. The predicted octanol–water partition coefficient (Wildman–Crippen LogP) is 2.70. The quantitative estimate of drug-likeness (QED) is 0.805. The molecule has 0 aliphatic rings. The third-order valence-electron chi connectivity index (χ3n) is 2.16. The average Bonchev–Trinajstić information content (AvgIpc) is 2.37. The summed E-state index contributed by atoms with van der Waals surface area (Å²) < 4.78 is 5.47. The second-order valence-corrected chi connectivity index (χ2v) is 4.14. The van der Waals surface area contributed by atoms with E-state index in [2.05, 4.69) is 17.6 Å². The topological polar surface area (TPSA) is 50.4 Å². The summed E-state index contributed by atoms with van der Waals surface area (Å²) in [5, 5.41) is 5.82. The Hall–Kier alpha value is -1.62. The van der Waals surface area contributed by atoms with E-state index in [1.54, 1.807) is 6.92 Å². The number of hydrogen-bond acceptors (Lipinski definition) is 3. The van der Waals surface area contributed by atoms with Gasteiger partial charge in [0.15, 0.2) is 5.11 Å². The standard InChI is InChI=1S/C13H18N2O2S/c1-3-9-17-11-7-5-10(6-8-11)14-13(18)15-12(16)4-2/h5-8H,3-4,9H2,1-2H3,(H2,14,15,16,18). The Labute approximate surface area is 113 Å². The zero-order valence-electron chi connectivity index (χ0n) is 10.7. The Kier molecular flexibility index (Phi) is 6.14. The lowest BCUT2D eigenvalue weighted by molar-refractivity contribution is -0.119. The summed E-state index contributed by atoms with van der Waals surface area (Å²) in [5.74, 6) is 0.723. The third kappa shape index (κ3) is 5.14. The largest absolute Gasteiger partial charge is 0.494 e. The summed E-state index contributed by atoms with van der Waals surface area (Å²) in [6.07, 6.45) is 1.39. The number of carbonyl (C=O) groups is 1. The first-order valence-corrected chi connectivity index (χ1v) is 6.40. The molecule has 1 aromatic carbocycles. The van der Waals surface area contributed by atoms with Crippen LogP contribution in [-0.4, -0.2) is 17.6 Å². The van der Waals surface area contributed by atoms with Crippen molar-refractivity contribution in [1.82, 2.24) is 5.32 Å². The summed E-state index contributed by atoms with van der Waals surface area (Å²) in [4.78, 5) is 11.1. The van der Waals surface area contributed by atoms with Crippen LogP contribution in [0.5, 0.6) is 5.75 Å². The maximum atomic E-state index is 11.1. The minimum absolute atomic E-state index is 0.101. The number of benzene rings is 1. The van der Waals surface area contributed by atoms with E-state index in [0.29, 0.717) is 18.1 Å². The molecule has 0 saturated heterocycles. The highest BCUT2D eigenvalue weighted by molar-refractivity contribution is 7.80. The van der Waals surface area contributed by atoms with Gasteiger partial charge < -0.3 is 15.4 Å². The van der Waals surface area contributed by atoms with E-state index in [4.69, 9.17) is 17.0 Å². The fourth-order valence-electron chi connectivity index (χ4n) is 1.23. The third-order valence-corrected chi connectivity index (χ3v) is 2.36. The first-order valence-electron chi connectivity index (χ1n) is 5.99. The molecular weight excluding hydrogens is 248 g/mol. The highest BCUT2D eigenvalue weighted by Gasteiger charge is 2.02. The monoisotopic (exact) mass is 266 g/mol. The first kappa shape index (κ1) is 14.4. The summed E-state index contributed by atoms with van der Waals surface area (Å²) >= 11 is 5.01.